The second kappa shape index (κ2) is 13.6. The van der Waals surface area contributed by atoms with E-state index in [9.17, 15) is 19.5 Å². The van der Waals surface area contributed by atoms with Crippen molar-refractivity contribution >= 4 is 40.1 Å². The third kappa shape index (κ3) is 6.84. The van der Waals surface area contributed by atoms with E-state index in [0.717, 1.165) is 66.3 Å². The zero-order valence-corrected chi connectivity index (χ0v) is 28.7. The summed E-state index contributed by atoms with van der Waals surface area (Å²) < 4.78 is 1.67. The molecule has 2 fully saturated rings. The number of aromatic nitrogens is 4. The van der Waals surface area contributed by atoms with Gasteiger partial charge in [0.15, 0.2) is 5.78 Å². The summed E-state index contributed by atoms with van der Waals surface area (Å²) in [5.74, 6) is 0.0314. The summed E-state index contributed by atoms with van der Waals surface area (Å²) in [5, 5.41) is 23.1. The Labute approximate surface area is 290 Å². The van der Waals surface area contributed by atoms with Gasteiger partial charge in [0.25, 0.3) is 0 Å². The quantitative estimate of drug-likeness (QED) is 0.256. The molecule has 1 saturated heterocycles. The summed E-state index contributed by atoms with van der Waals surface area (Å²) in [6.45, 7) is 4.04. The van der Waals surface area contributed by atoms with Crippen LogP contribution in [0.25, 0.3) is 22.0 Å². The van der Waals surface area contributed by atoms with Gasteiger partial charge in [-0.25, -0.2) is 9.97 Å². The Hall–Kier alpha value is -4.19. The van der Waals surface area contributed by atoms with Crippen LogP contribution >= 0.6 is 11.6 Å². The van der Waals surface area contributed by atoms with E-state index in [0.29, 0.717) is 41.3 Å². The molecule has 2 bridgehead atoms. The Morgan fingerprint density at radius 2 is 1.88 bits per heavy atom. The minimum Gasteiger partial charge on any atom is -0.379 e. The van der Waals surface area contributed by atoms with E-state index >= 15 is 0 Å². The number of nitrogens with zero attached hydrogens (tertiary/aromatic N) is 5. The van der Waals surface area contributed by atoms with Gasteiger partial charge >= 0.3 is 0 Å². The van der Waals surface area contributed by atoms with Crippen LogP contribution in [0.1, 0.15) is 79.3 Å². The van der Waals surface area contributed by atoms with Gasteiger partial charge in [0.1, 0.15) is 30.3 Å². The molecule has 1 saturated carbocycles. The minimum atomic E-state index is -0.676. The lowest BCUT2D eigenvalue weighted by Crippen LogP contribution is -2.48. The molecule has 3 N–H and O–H groups in total. The molecule has 49 heavy (non-hydrogen) atoms. The molecule has 7 rings (SSSR count). The van der Waals surface area contributed by atoms with Gasteiger partial charge in [-0.2, -0.15) is 5.10 Å². The number of benzene rings is 2. The summed E-state index contributed by atoms with van der Waals surface area (Å²) in [5.41, 5.74) is 4.35. The number of aliphatic hydroxyl groups is 1. The normalized spacial score (nSPS) is 24.4. The second-order valence-corrected chi connectivity index (χ2v) is 14.3. The smallest absolute Gasteiger partial charge is 0.245 e. The molecule has 256 valence electrons. The summed E-state index contributed by atoms with van der Waals surface area (Å²) in [6.07, 6.45) is 9.25. The number of nitrogens with one attached hydrogen (secondary N) is 2. The topological polar surface area (TPSA) is 142 Å². The fourth-order valence-electron chi connectivity index (χ4n) is 7.74. The van der Waals surface area contributed by atoms with Crippen LogP contribution in [-0.2, 0) is 29.1 Å². The molecule has 4 heterocycles. The number of Topliss-reactive ketones (excluding diaryl/α,β-unsaturated/α-hetero) is 1. The number of amides is 2. The molecule has 12 heteroatoms. The van der Waals surface area contributed by atoms with Crippen molar-refractivity contribution in [1.29, 1.82) is 0 Å². The van der Waals surface area contributed by atoms with Crippen LogP contribution < -0.4 is 10.6 Å². The molecule has 4 aromatic rings. The number of carbonyl (C=O) groups excluding carboxylic acids is 3. The lowest BCUT2D eigenvalue weighted by atomic mass is 9.96. The Kier molecular flexibility index (Phi) is 9.25. The number of hydrogen-bond acceptors (Lipinski definition) is 8. The van der Waals surface area contributed by atoms with Crippen LogP contribution in [-0.4, -0.2) is 72.2 Å². The highest BCUT2D eigenvalue weighted by atomic mass is 35.5. The first kappa shape index (κ1) is 33.3. The lowest BCUT2D eigenvalue weighted by Gasteiger charge is -2.27. The van der Waals surface area contributed by atoms with E-state index in [2.05, 4.69) is 26.7 Å². The predicted molar refractivity (Wildman–Crippen MR) is 186 cm³/mol. The van der Waals surface area contributed by atoms with Crippen molar-refractivity contribution in [3.8, 4) is 11.1 Å². The fourth-order valence-corrected chi connectivity index (χ4v) is 7.95. The van der Waals surface area contributed by atoms with Gasteiger partial charge in [-0.15, -0.1) is 0 Å². The number of aryl methyl sites for hydroxylation is 2. The number of halogens is 1. The Balaban J connectivity index is 1.25. The average Bonchev–Trinajstić information content (AvgIpc) is 3.49. The molecule has 2 aliphatic heterocycles. The molecule has 11 nitrogen and oxygen atoms in total. The predicted octanol–water partition coefficient (Wildman–Crippen LogP) is 4.75. The third-order valence-corrected chi connectivity index (χ3v) is 10.6. The Morgan fingerprint density at radius 1 is 1.08 bits per heavy atom. The summed E-state index contributed by atoms with van der Waals surface area (Å²) in [6, 6.07) is 10.6. The number of carbonyl (C=O) groups is 3. The largest absolute Gasteiger partial charge is 0.379 e. The van der Waals surface area contributed by atoms with Gasteiger partial charge in [0, 0.05) is 59.8 Å². The molecule has 1 unspecified atom stereocenters. The molecule has 0 radical (unpaired) electrons. The lowest BCUT2D eigenvalue weighted by molar-refractivity contribution is -0.140. The first-order chi connectivity index (χ1) is 23.6. The first-order valence-corrected chi connectivity index (χ1v) is 17.6. The van der Waals surface area contributed by atoms with Crippen LogP contribution in [0.2, 0.25) is 5.02 Å². The molecule has 4 atom stereocenters. The maximum absolute atomic E-state index is 14.4. The molecular weight excluding hydrogens is 642 g/mol. The standard InChI is InChI=1S/C37H42ClN7O4/c1-22(46)34-29-14-26(27-18-39-23(2)40-19-27)13-25-9-5-3-4-6-11-32(47)42-21-37-15-30(36(49)41-17-24-8-7-10-28(38)12-24)45(31(37)16-37)33(48)20-44(43-34)35(25)29/h7-8,10,12-14,18-19,30-32,42,47H,3-6,9,11,15-17,20-21H2,1-2H3,(H,41,49)/t30-,31+,32?,37-/m0/s1. The monoisotopic (exact) mass is 683 g/mol. The Morgan fingerprint density at radius 3 is 2.65 bits per heavy atom. The maximum Gasteiger partial charge on any atom is 0.245 e. The van der Waals surface area contributed by atoms with Gasteiger partial charge in [0.05, 0.1) is 5.52 Å². The van der Waals surface area contributed by atoms with Gasteiger partial charge in [-0.05, 0) is 86.4 Å². The summed E-state index contributed by atoms with van der Waals surface area (Å²) >= 11 is 6.17. The van der Waals surface area contributed by atoms with Crippen molar-refractivity contribution in [1.82, 2.24) is 35.3 Å². The SMILES string of the molecule is CC(=O)c1nn2c3c(cc(-c4cnc(C)nc4)cc13)CCCCCCC(O)NC[C@@]13C[C@@H](C(=O)NCc4cccc(Cl)c4)N(C(=O)C2)[C@@H]1C3. The van der Waals surface area contributed by atoms with Crippen molar-refractivity contribution in [2.24, 2.45) is 5.41 Å². The van der Waals surface area contributed by atoms with Crippen molar-refractivity contribution in [2.45, 2.75) is 96.6 Å². The summed E-state index contributed by atoms with van der Waals surface area (Å²) in [7, 11) is 0. The van der Waals surface area contributed by atoms with Gasteiger partial charge in [-0.3, -0.25) is 24.4 Å². The molecule has 2 amide bonds. The van der Waals surface area contributed by atoms with Crippen molar-refractivity contribution in [3.05, 3.63) is 76.5 Å². The number of hydrogen-bond donors (Lipinski definition) is 3. The van der Waals surface area contributed by atoms with Gasteiger partial charge in [-0.1, -0.05) is 36.6 Å². The van der Waals surface area contributed by atoms with Crippen LogP contribution in [0, 0.1) is 12.3 Å². The third-order valence-electron chi connectivity index (χ3n) is 10.4. The van der Waals surface area contributed by atoms with Crippen molar-refractivity contribution in [2.75, 3.05) is 6.54 Å². The maximum atomic E-state index is 14.4. The van der Waals surface area contributed by atoms with Crippen LogP contribution in [0.15, 0.2) is 48.8 Å². The first-order valence-electron chi connectivity index (χ1n) is 17.2. The average molecular weight is 684 g/mol. The van der Waals surface area contributed by atoms with E-state index in [1.165, 1.54) is 6.92 Å². The van der Waals surface area contributed by atoms with Gasteiger partial charge in [0.2, 0.25) is 11.8 Å². The van der Waals surface area contributed by atoms with Crippen LogP contribution in [0.5, 0.6) is 0 Å². The molecule has 1 aliphatic carbocycles. The number of ketones is 1. The second-order valence-electron chi connectivity index (χ2n) is 13.9. The Bertz CT molecular complexity index is 1910. The zero-order valence-electron chi connectivity index (χ0n) is 27.9. The van der Waals surface area contributed by atoms with E-state index in [1.807, 2.05) is 31.2 Å². The number of piperidine rings is 1. The van der Waals surface area contributed by atoms with E-state index in [4.69, 9.17) is 16.7 Å². The van der Waals surface area contributed by atoms with E-state index in [-0.39, 0.29) is 42.1 Å². The number of rotatable bonds is 5. The minimum absolute atomic E-state index is 0.107. The van der Waals surface area contributed by atoms with E-state index in [1.54, 1.807) is 28.0 Å². The van der Waals surface area contributed by atoms with E-state index < -0.39 is 12.3 Å². The molecule has 2 aromatic carbocycles. The van der Waals surface area contributed by atoms with Crippen LogP contribution in [0.4, 0.5) is 0 Å². The summed E-state index contributed by atoms with van der Waals surface area (Å²) in [4.78, 5) is 51.7. The highest BCUT2D eigenvalue weighted by Crippen LogP contribution is 2.59. The fraction of sp³-hybridized carbons (Fsp3) is 0.459. The highest BCUT2D eigenvalue weighted by Gasteiger charge is 2.66. The zero-order chi connectivity index (χ0) is 34.3. The molecule has 0 spiro atoms. The van der Waals surface area contributed by atoms with Crippen LogP contribution in [0.3, 0.4) is 0 Å². The van der Waals surface area contributed by atoms with Gasteiger partial charge < -0.3 is 15.3 Å². The number of aliphatic hydroxyl groups excluding tert-OH is 1. The molecular formula is C37H42ClN7O4. The van der Waals surface area contributed by atoms with Crippen molar-refractivity contribution < 1.29 is 19.5 Å². The van der Waals surface area contributed by atoms with Crippen molar-refractivity contribution in [3.63, 3.8) is 0 Å². The molecule has 3 aliphatic rings. The highest BCUT2D eigenvalue weighted by molar-refractivity contribution is 6.30. The molecule has 2 aromatic heterocycles.